The lowest BCUT2D eigenvalue weighted by atomic mass is 10.1. The van der Waals surface area contributed by atoms with Gasteiger partial charge in [0.15, 0.2) is 0 Å². The molecule has 0 amide bonds. The standard InChI is InChI=1S/C12H15NS2/c1-13-9(6-8-2-3-8)11-7-12-10(15-11)4-5-14-12/h4-5,7-9,13H,2-3,6H2,1H3. The molecule has 0 aromatic carbocycles. The van der Waals surface area contributed by atoms with Crippen LogP contribution < -0.4 is 5.32 Å². The number of hydrogen-bond donors (Lipinski definition) is 1. The third-order valence-corrected chi connectivity index (χ3v) is 5.32. The zero-order chi connectivity index (χ0) is 10.3. The van der Waals surface area contributed by atoms with Gasteiger partial charge in [-0.3, -0.25) is 0 Å². The maximum absolute atomic E-state index is 3.46. The van der Waals surface area contributed by atoms with Crippen LogP contribution in [0.15, 0.2) is 17.5 Å². The maximum atomic E-state index is 3.46. The highest BCUT2D eigenvalue weighted by molar-refractivity contribution is 7.26. The summed E-state index contributed by atoms with van der Waals surface area (Å²) in [4.78, 5) is 1.52. The van der Waals surface area contributed by atoms with Crippen molar-refractivity contribution in [1.82, 2.24) is 5.32 Å². The fraction of sp³-hybridized carbons (Fsp3) is 0.500. The molecular formula is C12H15NS2. The van der Waals surface area contributed by atoms with Crippen molar-refractivity contribution >= 4 is 32.1 Å². The topological polar surface area (TPSA) is 12.0 Å². The Hall–Kier alpha value is -0.380. The van der Waals surface area contributed by atoms with E-state index in [0.29, 0.717) is 6.04 Å². The Balaban J connectivity index is 1.86. The van der Waals surface area contributed by atoms with Gasteiger partial charge in [0, 0.05) is 20.3 Å². The van der Waals surface area contributed by atoms with Crippen LogP contribution in [0, 0.1) is 5.92 Å². The highest BCUT2D eigenvalue weighted by Crippen LogP contribution is 2.41. The molecule has 1 atom stereocenters. The summed E-state index contributed by atoms with van der Waals surface area (Å²) >= 11 is 3.81. The Morgan fingerprint density at radius 3 is 3.00 bits per heavy atom. The Morgan fingerprint density at radius 1 is 1.47 bits per heavy atom. The number of nitrogens with one attached hydrogen (secondary N) is 1. The van der Waals surface area contributed by atoms with Crippen molar-refractivity contribution in [1.29, 1.82) is 0 Å². The minimum Gasteiger partial charge on any atom is -0.312 e. The molecule has 1 saturated carbocycles. The summed E-state index contributed by atoms with van der Waals surface area (Å²) < 4.78 is 2.90. The van der Waals surface area contributed by atoms with Crippen LogP contribution in [0.1, 0.15) is 30.2 Å². The van der Waals surface area contributed by atoms with Gasteiger partial charge in [-0.1, -0.05) is 12.8 Å². The van der Waals surface area contributed by atoms with Crippen molar-refractivity contribution < 1.29 is 0 Å². The van der Waals surface area contributed by atoms with Gasteiger partial charge >= 0.3 is 0 Å². The zero-order valence-corrected chi connectivity index (χ0v) is 10.5. The van der Waals surface area contributed by atoms with Crippen LogP contribution in [0.3, 0.4) is 0 Å². The number of thiophene rings is 2. The summed E-state index contributed by atoms with van der Waals surface area (Å²) in [6, 6.07) is 5.19. The molecule has 0 bridgehead atoms. The second-order valence-corrected chi connectivity index (χ2v) is 6.38. The molecular weight excluding hydrogens is 222 g/mol. The zero-order valence-electron chi connectivity index (χ0n) is 8.82. The SMILES string of the molecule is CNC(CC1CC1)c1cc2sccc2s1. The molecule has 0 spiro atoms. The second kappa shape index (κ2) is 3.89. The molecule has 1 unspecified atom stereocenters. The van der Waals surface area contributed by atoms with Crippen LogP contribution in [-0.4, -0.2) is 7.05 Å². The molecule has 1 nitrogen and oxygen atoms in total. The fourth-order valence-electron chi connectivity index (χ4n) is 2.02. The molecule has 0 saturated heterocycles. The number of hydrogen-bond acceptors (Lipinski definition) is 3. The third-order valence-electron chi connectivity index (χ3n) is 3.12. The summed E-state index contributed by atoms with van der Waals surface area (Å²) in [6.07, 6.45) is 4.21. The van der Waals surface area contributed by atoms with Crippen LogP contribution in [0.4, 0.5) is 0 Å². The minimum absolute atomic E-state index is 0.585. The average Bonchev–Trinajstić information content (AvgIpc) is 2.79. The Morgan fingerprint density at radius 2 is 2.33 bits per heavy atom. The first-order chi connectivity index (χ1) is 7.36. The lowest BCUT2D eigenvalue weighted by Crippen LogP contribution is -2.15. The first-order valence-corrected chi connectivity index (χ1v) is 7.20. The third kappa shape index (κ3) is 1.96. The molecule has 0 aliphatic heterocycles. The van der Waals surface area contributed by atoms with E-state index >= 15 is 0 Å². The normalized spacial score (nSPS) is 18.5. The van der Waals surface area contributed by atoms with Crippen molar-refractivity contribution in [2.24, 2.45) is 5.92 Å². The Bertz CT molecular complexity index is 424. The highest BCUT2D eigenvalue weighted by Gasteiger charge is 2.26. The van der Waals surface area contributed by atoms with E-state index in [1.54, 1.807) is 0 Å². The van der Waals surface area contributed by atoms with E-state index < -0.39 is 0 Å². The van der Waals surface area contributed by atoms with Gasteiger partial charge in [-0.15, -0.1) is 22.7 Å². The summed E-state index contributed by atoms with van der Waals surface area (Å²) in [5.74, 6) is 0.989. The van der Waals surface area contributed by atoms with Crippen molar-refractivity contribution in [3.05, 3.63) is 22.4 Å². The maximum Gasteiger partial charge on any atom is 0.0454 e. The monoisotopic (exact) mass is 237 g/mol. The van der Waals surface area contributed by atoms with E-state index in [9.17, 15) is 0 Å². The van der Waals surface area contributed by atoms with Gasteiger partial charge in [-0.05, 0) is 36.9 Å². The van der Waals surface area contributed by atoms with Crippen LogP contribution in [0.25, 0.3) is 9.40 Å². The van der Waals surface area contributed by atoms with Crippen LogP contribution in [-0.2, 0) is 0 Å². The van der Waals surface area contributed by atoms with E-state index in [-0.39, 0.29) is 0 Å². The molecule has 80 valence electrons. The summed E-state index contributed by atoms with van der Waals surface area (Å²) in [6.45, 7) is 0. The van der Waals surface area contributed by atoms with Gasteiger partial charge in [0.05, 0.1) is 0 Å². The molecule has 3 rings (SSSR count). The summed E-state index contributed by atoms with van der Waals surface area (Å²) in [5.41, 5.74) is 0. The van der Waals surface area contributed by atoms with Gasteiger partial charge in [-0.25, -0.2) is 0 Å². The van der Waals surface area contributed by atoms with E-state index in [1.807, 2.05) is 22.7 Å². The van der Waals surface area contributed by atoms with Crippen molar-refractivity contribution in [3.63, 3.8) is 0 Å². The molecule has 1 aliphatic carbocycles. The van der Waals surface area contributed by atoms with E-state index in [1.165, 1.54) is 33.5 Å². The lowest BCUT2D eigenvalue weighted by Gasteiger charge is -2.13. The molecule has 15 heavy (non-hydrogen) atoms. The minimum atomic E-state index is 0.585. The number of fused-ring (bicyclic) bond motifs is 1. The van der Waals surface area contributed by atoms with E-state index in [4.69, 9.17) is 0 Å². The average molecular weight is 237 g/mol. The van der Waals surface area contributed by atoms with Crippen LogP contribution >= 0.6 is 22.7 Å². The predicted molar refractivity (Wildman–Crippen MR) is 68.8 cm³/mol. The quantitative estimate of drug-likeness (QED) is 0.846. The van der Waals surface area contributed by atoms with Gasteiger partial charge in [0.1, 0.15) is 0 Å². The highest BCUT2D eigenvalue weighted by atomic mass is 32.1. The molecule has 1 aliphatic rings. The largest absolute Gasteiger partial charge is 0.312 e. The van der Waals surface area contributed by atoms with Crippen molar-refractivity contribution in [3.8, 4) is 0 Å². The van der Waals surface area contributed by atoms with E-state index in [2.05, 4.69) is 29.9 Å². The lowest BCUT2D eigenvalue weighted by molar-refractivity contribution is 0.522. The Labute approximate surface area is 98.1 Å². The summed E-state index contributed by atoms with van der Waals surface area (Å²) in [7, 11) is 2.08. The molecule has 1 fully saturated rings. The van der Waals surface area contributed by atoms with Gasteiger partial charge in [0.25, 0.3) is 0 Å². The first-order valence-electron chi connectivity index (χ1n) is 5.51. The second-order valence-electron chi connectivity index (χ2n) is 4.32. The molecule has 2 heterocycles. The summed E-state index contributed by atoms with van der Waals surface area (Å²) in [5, 5.41) is 5.64. The smallest absolute Gasteiger partial charge is 0.0454 e. The molecule has 1 N–H and O–H groups in total. The predicted octanol–water partition coefficient (Wildman–Crippen LogP) is 4.02. The van der Waals surface area contributed by atoms with Gasteiger partial charge in [0.2, 0.25) is 0 Å². The number of rotatable bonds is 4. The van der Waals surface area contributed by atoms with Crippen molar-refractivity contribution in [2.75, 3.05) is 7.05 Å². The van der Waals surface area contributed by atoms with Crippen molar-refractivity contribution in [2.45, 2.75) is 25.3 Å². The fourth-order valence-corrected chi connectivity index (χ4v) is 4.26. The molecule has 2 aromatic heterocycles. The van der Waals surface area contributed by atoms with Crippen LogP contribution in [0.5, 0.6) is 0 Å². The van der Waals surface area contributed by atoms with Gasteiger partial charge in [-0.2, -0.15) is 0 Å². The van der Waals surface area contributed by atoms with Crippen LogP contribution in [0.2, 0.25) is 0 Å². The molecule has 2 aromatic rings. The molecule has 0 radical (unpaired) electrons. The first kappa shape index (κ1) is 9.82. The van der Waals surface area contributed by atoms with E-state index in [0.717, 1.165) is 5.92 Å². The van der Waals surface area contributed by atoms with Gasteiger partial charge < -0.3 is 5.32 Å². The Kier molecular flexibility index (Phi) is 2.54. The molecule has 3 heteroatoms.